The van der Waals surface area contributed by atoms with Crippen LogP contribution in [0.15, 0.2) is 41.4 Å². The average Bonchev–Trinajstić information content (AvgIpc) is 3.03. The molecule has 0 radical (unpaired) electrons. The summed E-state index contributed by atoms with van der Waals surface area (Å²) in [5, 5.41) is 6.61. The van der Waals surface area contributed by atoms with Gasteiger partial charge in [-0.05, 0) is 37.6 Å². The van der Waals surface area contributed by atoms with Crippen molar-refractivity contribution in [2.75, 3.05) is 27.3 Å². The molecule has 0 bridgehead atoms. The summed E-state index contributed by atoms with van der Waals surface area (Å²) in [5.41, 5.74) is 0. The zero-order valence-corrected chi connectivity index (χ0v) is 18.0. The zero-order valence-electron chi connectivity index (χ0n) is 14.9. The van der Waals surface area contributed by atoms with Gasteiger partial charge in [-0.1, -0.05) is 6.07 Å². The molecule has 1 heterocycles. The number of rotatable bonds is 8. The first-order chi connectivity index (χ1) is 11.7. The number of thiophene rings is 1. The predicted octanol–water partition coefficient (Wildman–Crippen LogP) is 3.82. The molecular formula is C18H26IN3O2S. The number of nitrogens with zero attached hydrogens (tertiary/aromatic N) is 1. The molecule has 25 heavy (non-hydrogen) atoms. The van der Waals surface area contributed by atoms with E-state index >= 15 is 0 Å². The van der Waals surface area contributed by atoms with E-state index < -0.39 is 0 Å². The highest BCUT2D eigenvalue weighted by Crippen LogP contribution is 2.18. The van der Waals surface area contributed by atoms with Crippen LogP contribution in [0.25, 0.3) is 0 Å². The van der Waals surface area contributed by atoms with Crippen LogP contribution in [0.5, 0.6) is 11.5 Å². The third kappa shape index (κ3) is 7.96. The lowest BCUT2D eigenvalue weighted by Crippen LogP contribution is -2.37. The van der Waals surface area contributed by atoms with E-state index in [1.807, 2.05) is 24.3 Å². The van der Waals surface area contributed by atoms with Gasteiger partial charge in [-0.25, -0.2) is 0 Å². The first-order valence-corrected chi connectivity index (χ1v) is 8.79. The van der Waals surface area contributed by atoms with Crippen molar-refractivity contribution < 1.29 is 9.47 Å². The summed E-state index contributed by atoms with van der Waals surface area (Å²) >= 11 is 1.80. The van der Waals surface area contributed by atoms with E-state index in [0.717, 1.165) is 37.0 Å². The Morgan fingerprint density at radius 1 is 1.16 bits per heavy atom. The maximum Gasteiger partial charge on any atom is 0.191 e. The van der Waals surface area contributed by atoms with Crippen LogP contribution < -0.4 is 20.1 Å². The molecule has 0 aliphatic carbocycles. The number of nitrogens with one attached hydrogen (secondary N) is 2. The van der Waals surface area contributed by atoms with Gasteiger partial charge < -0.3 is 20.1 Å². The number of benzene rings is 1. The monoisotopic (exact) mass is 475 g/mol. The fourth-order valence-corrected chi connectivity index (χ4v) is 2.96. The SMILES string of the molecule is CN=C(NCCCOc1cccc(OC)c1)NCc1ccc(C)s1.I. The maximum absolute atomic E-state index is 5.72. The number of ether oxygens (including phenoxy) is 2. The molecule has 7 heteroatoms. The Morgan fingerprint density at radius 2 is 1.96 bits per heavy atom. The lowest BCUT2D eigenvalue weighted by atomic mass is 10.3. The molecule has 0 amide bonds. The van der Waals surface area contributed by atoms with Gasteiger partial charge in [0.1, 0.15) is 11.5 Å². The number of halogens is 1. The minimum Gasteiger partial charge on any atom is -0.497 e. The highest BCUT2D eigenvalue weighted by Gasteiger charge is 2.01. The van der Waals surface area contributed by atoms with E-state index in [2.05, 4.69) is 34.7 Å². The second kappa shape index (κ2) is 12.0. The van der Waals surface area contributed by atoms with Crippen LogP contribution in [0, 0.1) is 6.92 Å². The van der Waals surface area contributed by atoms with E-state index in [9.17, 15) is 0 Å². The summed E-state index contributed by atoms with van der Waals surface area (Å²) in [7, 11) is 3.43. The molecule has 0 spiro atoms. The van der Waals surface area contributed by atoms with Gasteiger partial charge in [0.05, 0.1) is 20.3 Å². The summed E-state index contributed by atoms with van der Waals surface area (Å²) in [6, 6.07) is 11.9. The highest BCUT2D eigenvalue weighted by molar-refractivity contribution is 14.0. The van der Waals surface area contributed by atoms with Gasteiger partial charge in [-0.2, -0.15) is 0 Å². The van der Waals surface area contributed by atoms with Crippen LogP contribution in [0.2, 0.25) is 0 Å². The summed E-state index contributed by atoms with van der Waals surface area (Å²) in [5.74, 6) is 2.44. The lowest BCUT2D eigenvalue weighted by Gasteiger charge is -2.12. The van der Waals surface area contributed by atoms with Gasteiger partial charge in [0, 0.05) is 29.4 Å². The molecule has 2 rings (SSSR count). The van der Waals surface area contributed by atoms with Crippen molar-refractivity contribution in [3.63, 3.8) is 0 Å². The molecule has 0 unspecified atom stereocenters. The number of hydrogen-bond acceptors (Lipinski definition) is 4. The van der Waals surface area contributed by atoms with Gasteiger partial charge in [-0.3, -0.25) is 4.99 Å². The Morgan fingerprint density at radius 3 is 2.64 bits per heavy atom. The van der Waals surface area contributed by atoms with Crippen LogP contribution in [0.4, 0.5) is 0 Å². The van der Waals surface area contributed by atoms with Gasteiger partial charge in [0.15, 0.2) is 5.96 Å². The second-order valence-electron chi connectivity index (χ2n) is 5.25. The summed E-state index contributed by atoms with van der Waals surface area (Å²) in [6.45, 7) is 4.34. The van der Waals surface area contributed by atoms with Crippen molar-refractivity contribution in [3.05, 3.63) is 46.2 Å². The molecule has 0 saturated heterocycles. The largest absolute Gasteiger partial charge is 0.497 e. The Bertz CT molecular complexity index is 661. The molecule has 2 N–H and O–H groups in total. The van der Waals surface area contributed by atoms with Crippen LogP contribution in [0.1, 0.15) is 16.2 Å². The number of methoxy groups -OCH3 is 1. The minimum atomic E-state index is 0. The molecule has 1 aromatic heterocycles. The summed E-state index contributed by atoms with van der Waals surface area (Å²) < 4.78 is 10.9. The molecule has 0 fully saturated rings. The molecule has 138 valence electrons. The zero-order chi connectivity index (χ0) is 17.2. The first kappa shape index (κ1) is 21.6. The van der Waals surface area contributed by atoms with E-state index in [1.54, 1.807) is 25.5 Å². The predicted molar refractivity (Wildman–Crippen MR) is 116 cm³/mol. The van der Waals surface area contributed by atoms with Gasteiger partial charge in [-0.15, -0.1) is 35.3 Å². The Labute approximate surface area is 170 Å². The fourth-order valence-electron chi connectivity index (χ4n) is 2.13. The van der Waals surface area contributed by atoms with E-state index in [0.29, 0.717) is 6.61 Å². The number of aliphatic imine (C=N–C) groups is 1. The third-order valence-electron chi connectivity index (χ3n) is 3.37. The molecule has 0 aliphatic rings. The van der Waals surface area contributed by atoms with E-state index in [-0.39, 0.29) is 24.0 Å². The standard InChI is InChI=1S/C18H25N3O2S.HI/c1-14-8-9-17(24-14)13-21-18(19-2)20-10-5-11-23-16-7-4-6-15(12-16)22-3;/h4,6-9,12H,5,10-11,13H2,1-3H3,(H2,19,20,21);1H. The van der Waals surface area contributed by atoms with Crippen molar-refractivity contribution in [3.8, 4) is 11.5 Å². The molecule has 0 aliphatic heterocycles. The maximum atomic E-state index is 5.72. The van der Waals surface area contributed by atoms with Crippen LogP contribution >= 0.6 is 35.3 Å². The van der Waals surface area contributed by atoms with E-state index in [1.165, 1.54) is 9.75 Å². The molecular weight excluding hydrogens is 449 g/mol. The van der Waals surface area contributed by atoms with Crippen LogP contribution in [0.3, 0.4) is 0 Å². The van der Waals surface area contributed by atoms with Crippen LogP contribution in [-0.4, -0.2) is 33.3 Å². The van der Waals surface area contributed by atoms with Crippen molar-refractivity contribution in [1.29, 1.82) is 0 Å². The molecule has 5 nitrogen and oxygen atoms in total. The normalized spacial score (nSPS) is 10.8. The Kier molecular flexibility index (Phi) is 10.3. The topological polar surface area (TPSA) is 54.9 Å². The van der Waals surface area contributed by atoms with Crippen molar-refractivity contribution in [1.82, 2.24) is 10.6 Å². The molecule has 2 aromatic rings. The summed E-state index contributed by atoms with van der Waals surface area (Å²) in [6.07, 6.45) is 0.885. The average molecular weight is 475 g/mol. The Balaban J connectivity index is 0.00000312. The smallest absolute Gasteiger partial charge is 0.191 e. The fraction of sp³-hybridized carbons (Fsp3) is 0.389. The minimum absolute atomic E-state index is 0. The lowest BCUT2D eigenvalue weighted by molar-refractivity contribution is 0.308. The molecule has 0 atom stereocenters. The molecule has 1 aromatic carbocycles. The quantitative estimate of drug-likeness (QED) is 0.264. The summed E-state index contributed by atoms with van der Waals surface area (Å²) in [4.78, 5) is 6.86. The number of aryl methyl sites for hydroxylation is 1. The van der Waals surface area contributed by atoms with Crippen molar-refractivity contribution in [2.45, 2.75) is 19.9 Å². The van der Waals surface area contributed by atoms with Gasteiger partial charge >= 0.3 is 0 Å². The number of guanidine groups is 1. The number of hydrogen-bond donors (Lipinski definition) is 2. The Hall–Kier alpha value is -1.48. The first-order valence-electron chi connectivity index (χ1n) is 7.98. The highest BCUT2D eigenvalue weighted by atomic mass is 127. The van der Waals surface area contributed by atoms with Crippen molar-refractivity contribution >= 4 is 41.3 Å². The van der Waals surface area contributed by atoms with Crippen LogP contribution in [-0.2, 0) is 6.54 Å². The van der Waals surface area contributed by atoms with Crippen molar-refractivity contribution in [2.24, 2.45) is 4.99 Å². The third-order valence-corrected chi connectivity index (χ3v) is 4.37. The molecule has 0 saturated carbocycles. The van der Waals surface area contributed by atoms with E-state index in [4.69, 9.17) is 9.47 Å². The van der Waals surface area contributed by atoms with Gasteiger partial charge in [0.25, 0.3) is 0 Å². The second-order valence-corrected chi connectivity index (χ2v) is 6.62. The van der Waals surface area contributed by atoms with Gasteiger partial charge in [0.2, 0.25) is 0 Å².